The lowest BCUT2D eigenvalue weighted by atomic mass is 10.1. The van der Waals surface area contributed by atoms with E-state index in [4.69, 9.17) is 16.3 Å². The van der Waals surface area contributed by atoms with Gasteiger partial charge >= 0.3 is 6.03 Å². The van der Waals surface area contributed by atoms with Crippen LogP contribution in [-0.2, 0) is 16.2 Å². The summed E-state index contributed by atoms with van der Waals surface area (Å²) in [6.07, 6.45) is 1.33. The van der Waals surface area contributed by atoms with Crippen LogP contribution in [0.5, 0.6) is 5.75 Å². The fraction of sp³-hybridized carbons (Fsp3) is 0.0417. The van der Waals surface area contributed by atoms with Gasteiger partial charge in [-0.25, -0.2) is 14.1 Å². The van der Waals surface area contributed by atoms with Gasteiger partial charge in [-0.15, -0.1) is 0 Å². The number of nitrogens with one attached hydrogen (secondary N) is 1. The normalized spacial score (nSPS) is 15.1. The van der Waals surface area contributed by atoms with Crippen LogP contribution in [0.4, 0.5) is 14.9 Å². The Morgan fingerprint density at radius 1 is 0.969 bits per heavy atom. The lowest BCUT2D eigenvalue weighted by Crippen LogP contribution is -2.54. The van der Waals surface area contributed by atoms with Crippen molar-refractivity contribution in [2.75, 3.05) is 4.90 Å². The van der Waals surface area contributed by atoms with Crippen molar-refractivity contribution in [3.05, 3.63) is 100 Å². The summed E-state index contributed by atoms with van der Waals surface area (Å²) in [6, 6.07) is 18.3. The first-order valence-corrected chi connectivity index (χ1v) is 9.93. The number of carbonyl (C=O) groups is 3. The summed E-state index contributed by atoms with van der Waals surface area (Å²) in [6.45, 7) is 0.321. The Morgan fingerprint density at radius 2 is 1.72 bits per heavy atom. The highest BCUT2D eigenvalue weighted by atomic mass is 35.5. The maximum absolute atomic E-state index is 14.1. The second-order valence-electron chi connectivity index (χ2n) is 6.90. The molecule has 0 radical (unpaired) electrons. The number of anilines is 1. The molecule has 0 aromatic heterocycles. The molecular formula is C24H16ClFN2O4. The van der Waals surface area contributed by atoms with E-state index in [-0.39, 0.29) is 11.3 Å². The minimum atomic E-state index is -1.01. The quantitative estimate of drug-likeness (QED) is 0.450. The van der Waals surface area contributed by atoms with Gasteiger partial charge in [-0.3, -0.25) is 14.9 Å². The minimum absolute atomic E-state index is 0.238. The van der Waals surface area contributed by atoms with Crippen molar-refractivity contribution < 1.29 is 23.5 Å². The van der Waals surface area contributed by atoms with Gasteiger partial charge in [0, 0.05) is 5.02 Å². The average Bonchev–Trinajstić information content (AvgIpc) is 2.77. The monoisotopic (exact) mass is 450 g/mol. The molecule has 4 rings (SSSR count). The van der Waals surface area contributed by atoms with Crippen molar-refractivity contribution in [1.29, 1.82) is 0 Å². The van der Waals surface area contributed by atoms with Gasteiger partial charge < -0.3 is 4.74 Å². The summed E-state index contributed by atoms with van der Waals surface area (Å²) in [4.78, 5) is 37.9. The molecule has 3 aromatic rings. The zero-order chi connectivity index (χ0) is 22.7. The molecule has 0 saturated carbocycles. The van der Waals surface area contributed by atoms with E-state index < -0.39 is 23.7 Å². The van der Waals surface area contributed by atoms with Crippen LogP contribution in [0.1, 0.15) is 11.1 Å². The van der Waals surface area contributed by atoms with Crippen molar-refractivity contribution in [3.8, 4) is 5.75 Å². The Balaban J connectivity index is 1.53. The average molecular weight is 451 g/mol. The van der Waals surface area contributed by atoms with Crippen molar-refractivity contribution in [2.45, 2.75) is 6.61 Å². The van der Waals surface area contributed by atoms with Crippen LogP contribution in [0.15, 0.2) is 78.4 Å². The van der Waals surface area contributed by atoms with Crippen molar-refractivity contribution in [2.24, 2.45) is 0 Å². The Labute approximate surface area is 187 Å². The Bertz CT molecular complexity index is 1240. The van der Waals surface area contributed by atoms with Gasteiger partial charge in [0.05, 0.1) is 5.69 Å². The SMILES string of the molecule is O=C1NC(=O)N(c2ccccc2F)C(=O)/C1=C\c1ccc(OCc2cccc(Cl)c2)cc1. The third kappa shape index (κ3) is 4.53. The maximum Gasteiger partial charge on any atom is 0.336 e. The van der Waals surface area contributed by atoms with Crippen LogP contribution in [0.2, 0.25) is 5.02 Å². The van der Waals surface area contributed by atoms with Crippen LogP contribution in [-0.4, -0.2) is 17.8 Å². The van der Waals surface area contributed by atoms with Gasteiger partial charge in [-0.05, 0) is 53.6 Å². The summed E-state index contributed by atoms with van der Waals surface area (Å²) in [7, 11) is 0. The molecule has 1 aliphatic rings. The summed E-state index contributed by atoms with van der Waals surface area (Å²) in [5.74, 6) is -1.94. The highest BCUT2D eigenvalue weighted by molar-refractivity contribution is 6.39. The van der Waals surface area contributed by atoms with E-state index in [9.17, 15) is 18.8 Å². The molecule has 1 heterocycles. The van der Waals surface area contributed by atoms with E-state index >= 15 is 0 Å². The summed E-state index contributed by atoms with van der Waals surface area (Å²) >= 11 is 5.96. The van der Waals surface area contributed by atoms with Gasteiger partial charge in [-0.2, -0.15) is 0 Å². The molecule has 1 saturated heterocycles. The minimum Gasteiger partial charge on any atom is -0.489 e. The molecule has 6 nitrogen and oxygen atoms in total. The molecule has 3 aromatic carbocycles. The van der Waals surface area contributed by atoms with E-state index in [1.54, 1.807) is 36.4 Å². The van der Waals surface area contributed by atoms with E-state index in [1.165, 1.54) is 24.3 Å². The Morgan fingerprint density at radius 3 is 2.44 bits per heavy atom. The fourth-order valence-electron chi connectivity index (χ4n) is 3.13. The highest BCUT2D eigenvalue weighted by Crippen LogP contribution is 2.25. The molecule has 0 aliphatic carbocycles. The van der Waals surface area contributed by atoms with Gasteiger partial charge in [0.2, 0.25) is 0 Å². The number of nitrogens with zero attached hydrogens (tertiary/aromatic N) is 1. The molecule has 0 spiro atoms. The summed E-state index contributed by atoms with van der Waals surface area (Å²) in [5.41, 5.74) is 0.908. The number of amides is 4. The molecule has 0 atom stereocenters. The predicted molar refractivity (Wildman–Crippen MR) is 118 cm³/mol. The second-order valence-corrected chi connectivity index (χ2v) is 7.33. The van der Waals surface area contributed by atoms with Crippen LogP contribution in [0, 0.1) is 5.82 Å². The van der Waals surface area contributed by atoms with Crippen LogP contribution in [0.25, 0.3) is 6.08 Å². The number of benzene rings is 3. The Hall–Kier alpha value is -3.97. The fourth-order valence-corrected chi connectivity index (χ4v) is 3.34. The topological polar surface area (TPSA) is 75.7 Å². The van der Waals surface area contributed by atoms with E-state index in [2.05, 4.69) is 5.32 Å². The number of halogens is 2. The zero-order valence-electron chi connectivity index (χ0n) is 16.5. The standard InChI is InChI=1S/C24H16ClFN2O4/c25-17-5-3-4-16(12-17)14-32-18-10-8-15(9-11-18)13-19-22(29)27-24(31)28(23(19)30)21-7-2-1-6-20(21)26/h1-13H,14H2,(H,27,29,31)/b19-13-. The first kappa shape index (κ1) is 21.3. The second kappa shape index (κ2) is 9.03. The number of hydrogen-bond donors (Lipinski definition) is 1. The Kier molecular flexibility index (Phi) is 6.00. The van der Waals surface area contributed by atoms with Crippen LogP contribution in [0.3, 0.4) is 0 Å². The predicted octanol–water partition coefficient (Wildman–Crippen LogP) is 4.72. The summed E-state index contributed by atoms with van der Waals surface area (Å²) < 4.78 is 19.9. The third-order valence-corrected chi connectivity index (χ3v) is 4.92. The van der Waals surface area contributed by atoms with Gasteiger partial charge in [0.25, 0.3) is 11.8 Å². The number of hydrogen-bond acceptors (Lipinski definition) is 4. The molecule has 8 heteroatoms. The number of urea groups is 1. The molecule has 32 heavy (non-hydrogen) atoms. The highest BCUT2D eigenvalue weighted by Gasteiger charge is 2.37. The van der Waals surface area contributed by atoms with Crippen molar-refractivity contribution >= 4 is 41.2 Å². The number of rotatable bonds is 5. The molecule has 1 fully saturated rings. The van der Waals surface area contributed by atoms with E-state index in [0.29, 0.717) is 27.8 Å². The zero-order valence-corrected chi connectivity index (χ0v) is 17.3. The molecule has 4 amide bonds. The molecular weight excluding hydrogens is 435 g/mol. The maximum atomic E-state index is 14.1. The van der Waals surface area contributed by atoms with Gasteiger partial charge in [-0.1, -0.05) is 48.0 Å². The van der Waals surface area contributed by atoms with Gasteiger partial charge in [0.1, 0.15) is 23.7 Å². The molecule has 0 unspecified atom stereocenters. The lowest BCUT2D eigenvalue weighted by molar-refractivity contribution is -0.122. The van der Waals surface area contributed by atoms with Crippen LogP contribution < -0.4 is 15.0 Å². The molecule has 1 N–H and O–H groups in total. The molecule has 1 aliphatic heterocycles. The lowest BCUT2D eigenvalue weighted by Gasteiger charge is -2.26. The molecule has 160 valence electrons. The smallest absolute Gasteiger partial charge is 0.336 e. The number of para-hydroxylation sites is 1. The third-order valence-electron chi connectivity index (χ3n) is 4.68. The molecule has 0 bridgehead atoms. The first-order chi connectivity index (χ1) is 15.4. The van der Waals surface area contributed by atoms with Crippen molar-refractivity contribution in [3.63, 3.8) is 0 Å². The number of ether oxygens (including phenoxy) is 1. The van der Waals surface area contributed by atoms with Gasteiger partial charge in [0.15, 0.2) is 0 Å². The largest absolute Gasteiger partial charge is 0.489 e. The number of carbonyl (C=O) groups excluding carboxylic acids is 3. The van der Waals surface area contributed by atoms with E-state index in [0.717, 1.165) is 11.6 Å². The first-order valence-electron chi connectivity index (χ1n) is 9.55. The van der Waals surface area contributed by atoms with E-state index in [1.807, 2.05) is 12.1 Å². The number of barbiturate groups is 1. The van der Waals surface area contributed by atoms with Crippen molar-refractivity contribution in [1.82, 2.24) is 5.32 Å². The van der Waals surface area contributed by atoms with Crippen LogP contribution >= 0.6 is 11.6 Å². The number of imide groups is 2. The summed E-state index contributed by atoms with van der Waals surface area (Å²) in [5, 5.41) is 2.68.